The molecule has 1 heterocycles. The van der Waals surface area contributed by atoms with Crippen molar-refractivity contribution in [3.05, 3.63) is 29.3 Å². The molecule has 0 saturated heterocycles. The first kappa shape index (κ1) is 11.1. The standard InChI is InChI=1S/C14H17NO/c1-9-8-15-12-10(13(9)16)6-5-7-11(12)14(2,3)4/h5-9H,1-4H3. The molecule has 2 rings (SSSR count). The van der Waals surface area contributed by atoms with Crippen LogP contribution in [0.25, 0.3) is 0 Å². The fourth-order valence-corrected chi connectivity index (χ4v) is 1.99. The summed E-state index contributed by atoms with van der Waals surface area (Å²) < 4.78 is 0. The Morgan fingerprint density at radius 2 is 1.94 bits per heavy atom. The third kappa shape index (κ3) is 1.69. The lowest BCUT2D eigenvalue weighted by Gasteiger charge is -2.24. The van der Waals surface area contributed by atoms with Crippen LogP contribution in [-0.4, -0.2) is 12.0 Å². The second kappa shape index (κ2) is 3.55. The number of para-hydroxylation sites is 1. The van der Waals surface area contributed by atoms with E-state index in [9.17, 15) is 4.79 Å². The van der Waals surface area contributed by atoms with Gasteiger partial charge < -0.3 is 0 Å². The van der Waals surface area contributed by atoms with E-state index in [4.69, 9.17) is 0 Å². The van der Waals surface area contributed by atoms with E-state index in [0.717, 1.165) is 16.8 Å². The smallest absolute Gasteiger partial charge is 0.173 e. The van der Waals surface area contributed by atoms with Gasteiger partial charge in [0.05, 0.1) is 11.6 Å². The van der Waals surface area contributed by atoms with Crippen molar-refractivity contribution in [2.45, 2.75) is 33.1 Å². The number of fused-ring (bicyclic) bond motifs is 1. The van der Waals surface area contributed by atoms with Gasteiger partial charge in [0.25, 0.3) is 0 Å². The SMILES string of the molecule is CC1C=Nc2c(cccc2C(C)(C)C)C1=O. The Kier molecular flexibility index (Phi) is 2.45. The van der Waals surface area contributed by atoms with E-state index >= 15 is 0 Å². The van der Waals surface area contributed by atoms with Crippen LogP contribution in [0.4, 0.5) is 5.69 Å². The zero-order valence-electron chi connectivity index (χ0n) is 10.2. The highest BCUT2D eigenvalue weighted by Gasteiger charge is 2.26. The van der Waals surface area contributed by atoms with Crippen LogP contribution in [0.1, 0.15) is 43.6 Å². The van der Waals surface area contributed by atoms with E-state index < -0.39 is 0 Å². The number of Topliss-reactive ketones (excluding diaryl/α,β-unsaturated/α-hetero) is 1. The molecule has 0 aliphatic carbocycles. The van der Waals surface area contributed by atoms with Gasteiger partial charge in [-0.2, -0.15) is 0 Å². The normalized spacial score (nSPS) is 19.8. The molecule has 16 heavy (non-hydrogen) atoms. The molecule has 1 aliphatic heterocycles. The van der Waals surface area contributed by atoms with Crippen LogP contribution in [0.3, 0.4) is 0 Å². The second-order valence-corrected chi connectivity index (χ2v) is 5.38. The van der Waals surface area contributed by atoms with Gasteiger partial charge >= 0.3 is 0 Å². The predicted octanol–water partition coefficient (Wildman–Crippen LogP) is 3.52. The summed E-state index contributed by atoms with van der Waals surface area (Å²) in [5.41, 5.74) is 2.78. The van der Waals surface area contributed by atoms with Crippen LogP contribution in [-0.2, 0) is 5.41 Å². The third-order valence-electron chi connectivity index (χ3n) is 2.95. The molecular weight excluding hydrogens is 198 g/mol. The van der Waals surface area contributed by atoms with Crippen molar-refractivity contribution in [3.63, 3.8) is 0 Å². The van der Waals surface area contributed by atoms with Crippen molar-refractivity contribution >= 4 is 17.7 Å². The molecule has 0 saturated carbocycles. The number of carbonyl (C=O) groups excluding carboxylic acids is 1. The number of rotatable bonds is 0. The minimum atomic E-state index is -0.0947. The van der Waals surface area contributed by atoms with Crippen LogP contribution in [0, 0.1) is 5.92 Å². The van der Waals surface area contributed by atoms with Gasteiger partial charge in [0.2, 0.25) is 0 Å². The summed E-state index contributed by atoms with van der Waals surface area (Å²) in [5.74, 6) is 0.0822. The van der Waals surface area contributed by atoms with Crippen LogP contribution < -0.4 is 0 Å². The maximum Gasteiger partial charge on any atom is 0.173 e. The number of aliphatic imine (C=N–C) groups is 1. The van der Waals surface area contributed by atoms with Crippen LogP contribution in [0.15, 0.2) is 23.2 Å². The molecule has 84 valence electrons. The summed E-state index contributed by atoms with van der Waals surface area (Å²) in [6.07, 6.45) is 1.75. The molecule has 1 aliphatic rings. The molecule has 0 N–H and O–H groups in total. The molecule has 1 aromatic rings. The van der Waals surface area contributed by atoms with Crippen molar-refractivity contribution in [1.82, 2.24) is 0 Å². The molecule has 0 radical (unpaired) electrons. The number of hydrogen-bond donors (Lipinski definition) is 0. The first-order chi connectivity index (χ1) is 7.41. The molecule has 0 spiro atoms. The molecule has 0 fully saturated rings. The fourth-order valence-electron chi connectivity index (χ4n) is 1.99. The van der Waals surface area contributed by atoms with Gasteiger partial charge in [0.1, 0.15) is 0 Å². The average Bonchev–Trinajstić information content (AvgIpc) is 2.21. The van der Waals surface area contributed by atoms with Crippen molar-refractivity contribution in [2.75, 3.05) is 0 Å². The minimum absolute atomic E-state index is 0.0174. The van der Waals surface area contributed by atoms with Crippen LogP contribution in [0.5, 0.6) is 0 Å². The van der Waals surface area contributed by atoms with Gasteiger partial charge in [0, 0.05) is 11.8 Å². The highest BCUT2D eigenvalue weighted by atomic mass is 16.1. The number of hydrogen-bond acceptors (Lipinski definition) is 2. The molecular formula is C14H17NO. The largest absolute Gasteiger partial charge is 0.293 e. The molecule has 0 aromatic heterocycles. The fraction of sp³-hybridized carbons (Fsp3) is 0.429. The van der Waals surface area contributed by atoms with Crippen molar-refractivity contribution in [1.29, 1.82) is 0 Å². The topological polar surface area (TPSA) is 29.4 Å². The number of nitrogens with zero attached hydrogens (tertiary/aromatic N) is 1. The van der Waals surface area contributed by atoms with E-state index in [0.29, 0.717) is 0 Å². The van der Waals surface area contributed by atoms with Crippen molar-refractivity contribution < 1.29 is 4.79 Å². The first-order valence-electron chi connectivity index (χ1n) is 5.63. The van der Waals surface area contributed by atoms with Gasteiger partial charge in [-0.3, -0.25) is 9.79 Å². The summed E-state index contributed by atoms with van der Waals surface area (Å²) in [5, 5.41) is 0. The summed E-state index contributed by atoms with van der Waals surface area (Å²) in [4.78, 5) is 16.4. The van der Waals surface area contributed by atoms with Gasteiger partial charge in [-0.15, -0.1) is 0 Å². The summed E-state index contributed by atoms with van der Waals surface area (Å²) in [6.45, 7) is 8.31. The Balaban J connectivity index is 2.65. The second-order valence-electron chi connectivity index (χ2n) is 5.38. The molecule has 1 atom stereocenters. The zero-order valence-corrected chi connectivity index (χ0v) is 10.2. The lowest BCUT2D eigenvalue weighted by atomic mass is 9.82. The van der Waals surface area contributed by atoms with Crippen LogP contribution in [0.2, 0.25) is 0 Å². The van der Waals surface area contributed by atoms with Crippen molar-refractivity contribution in [3.8, 4) is 0 Å². The van der Waals surface area contributed by atoms with Gasteiger partial charge in [-0.05, 0) is 17.0 Å². The average molecular weight is 215 g/mol. The maximum absolute atomic E-state index is 12.0. The lowest BCUT2D eigenvalue weighted by Crippen LogP contribution is -2.20. The number of ketones is 1. The van der Waals surface area contributed by atoms with E-state index in [1.165, 1.54) is 0 Å². The Labute approximate surface area is 96.4 Å². The molecule has 1 aromatic carbocycles. The van der Waals surface area contributed by atoms with Gasteiger partial charge in [-0.1, -0.05) is 39.8 Å². The van der Waals surface area contributed by atoms with Gasteiger partial charge in [-0.25, -0.2) is 0 Å². The molecule has 0 bridgehead atoms. The Morgan fingerprint density at radius 1 is 1.25 bits per heavy atom. The minimum Gasteiger partial charge on any atom is -0.293 e. The quantitative estimate of drug-likeness (QED) is 0.651. The van der Waals surface area contributed by atoms with Crippen molar-refractivity contribution in [2.24, 2.45) is 10.9 Å². The molecule has 2 nitrogen and oxygen atoms in total. The zero-order chi connectivity index (χ0) is 11.9. The van der Waals surface area contributed by atoms with Gasteiger partial charge in [0.15, 0.2) is 5.78 Å². The number of carbonyl (C=O) groups is 1. The Hall–Kier alpha value is -1.44. The summed E-state index contributed by atoms with van der Waals surface area (Å²) in [6, 6.07) is 5.88. The predicted molar refractivity (Wildman–Crippen MR) is 66.8 cm³/mol. The van der Waals surface area contributed by atoms with Crippen LogP contribution >= 0.6 is 0 Å². The van der Waals surface area contributed by atoms with E-state index in [2.05, 4.69) is 31.8 Å². The molecule has 1 unspecified atom stereocenters. The molecule has 0 amide bonds. The Morgan fingerprint density at radius 3 is 2.56 bits per heavy atom. The maximum atomic E-state index is 12.0. The highest BCUT2D eigenvalue weighted by molar-refractivity contribution is 6.12. The van der Waals surface area contributed by atoms with E-state index in [1.807, 2.05) is 19.1 Å². The van der Waals surface area contributed by atoms with E-state index in [-0.39, 0.29) is 17.1 Å². The summed E-state index contributed by atoms with van der Waals surface area (Å²) in [7, 11) is 0. The summed E-state index contributed by atoms with van der Waals surface area (Å²) >= 11 is 0. The highest BCUT2D eigenvalue weighted by Crippen LogP contribution is 2.36. The first-order valence-corrected chi connectivity index (χ1v) is 5.63. The third-order valence-corrected chi connectivity index (χ3v) is 2.95. The Bertz CT molecular complexity index is 466. The monoisotopic (exact) mass is 215 g/mol. The lowest BCUT2D eigenvalue weighted by molar-refractivity contribution is 0.0962. The molecule has 2 heteroatoms. The van der Waals surface area contributed by atoms with E-state index in [1.54, 1.807) is 6.21 Å². The number of benzene rings is 1.